The van der Waals surface area contributed by atoms with Crippen LogP contribution in [0.2, 0.25) is 0 Å². The van der Waals surface area contributed by atoms with E-state index in [1.54, 1.807) is 24.3 Å². The van der Waals surface area contributed by atoms with Crippen molar-refractivity contribution in [1.82, 2.24) is 0 Å². The zero-order valence-corrected chi connectivity index (χ0v) is 8.79. The van der Waals surface area contributed by atoms with Crippen molar-refractivity contribution in [3.8, 4) is 12.3 Å². The summed E-state index contributed by atoms with van der Waals surface area (Å²) >= 11 is 16.8. The summed E-state index contributed by atoms with van der Waals surface area (Å²) in [6.07, 6.45) is 5.19. The lowest BCUT2D eigenvalue weighted by atomic mass is 10.1. The summed E-state index contributed by atoms with van der Waals surface area (Å²) in [5.74, 6) is 2.50. The topological polar surface area (TPSA) is 0 Å². The Labute approximate surface area is 92.1 Å². The van der Waals surface area contributed by atoms with Gasteiger partial charge < -0.3 is 0 Å². The van der Waals surface area contributed by atoms with Crippen LogP contribution in [0.4, 0.5) is 0 Å². The molecule has 0 atom stereocenters. The molecular weight excluding hydrogens is 226 g/mol. The number of rotatable bonds is 1. The van der Waals surface area contributed by atoms with Gasteiger partial charge in [0.1, 0.15) is 4.49 Å². The molecule has 0 unspecified atom stereocenters. The molecule has 0 spiro atoms. The molecule has 0 aromatic heterocycles. The summed E-state index contributed by atoms with van der Waals surface area (Å²) in [5.41, 5.74) is 1.54. The van der Waals surface area contributed by atoms with Gasteiger partial charge in [0.15, 0.2) is 0 Å². The minimum Gasteiger partial charge on any atom is -0.115 e. The van der Waals surface area contributed by atoms with Crippen molar-refractivity contribution in [2.45, 2.75) is 0 Å². The molecule has 0 aliphatic rings. The molecule has 0 heterocycles. The van der Waals surface area contributed by atoms with E-state index in [0.717, 1.165) is 11.1 Å². The van der Waals surface area contributed by atoms with Crippen LogP contribution in [-0.4, -0.2) is 0 Å². The first-order valence-electron chi connectivity index (χ1n) is 3.43. The lowest BCUT2D eigenvalue weighted by Crippen LogP contribution is -1.79. The highest BCUT2D eigenvalue weighted by atomic mass is 35.5. The fourth-order valence-electron chi connectivity index (χ4n) is 0.822. The molecule has 0 nitrogen and oxygen atoms in total. The van der Waals surface area contributed by atoms with Crippen LogP contribution in [-0.2, 0) is 0 Å². The molecule has 66 valence electrons. The molecule has 0 saturated heterocycles. The van der Waals surface area contributed by atoms with Crippen molar-refractivity contribution in [1.29, 1.82) is 0 Å². The highest BCUT2D eigenvalue weighted by molar-refractivity contribution is 6.66. The maximum atomic E-state index is 5.80. The Morgan fingerprint density at radius 1 is 1.08 bits per heavy atom. The van der Waals surface area contributed by atoms with Gasteiger partial charge in [-0.3, -0.25) is 0 Å². The first kappa shape index (κ1) is 10.5. The summed E-state index contributed by atoms with van der Waals surface area (Å²) < 4.78 is 0.0510. The Bertz CT molecular complexity index is 364. The molecule has 1 aromatic rings. The Morgan fingerprint density at radius 3 is 2.00 bits per heavy atom. The molecule has 1 rings (SSSR count). The molecule has 0 amide bonds. The van der Waals surface area contributed by atoms with Crippen LogP contribution >= 0.6 is 34.8 Å². The average molecular weight is 232 g/mol. The SMILES string of the molecule is C#Cc1ccc(C(Cl)=C(Cl)Cl)cc1. The van der Waals surface area contributed by atoms with Crippen molar-refractivity contribution < 1.29 is 0 Å². The predicted octanol–water partition coefficient (Wildman–Crippen LogP) is 4.01. The van der Waals surface area contributed by atoms with Crippen LogP contribution in [0.15, 0.2) is 28.8 Å². The second-order valence-corrected chi connectivity index (χ2v) is 3.62. The monoisotopic (exact) mass is 230 g/mol. The largest absolute Gasteiger partial charge is 0.126 e. The normalized spacial score (nSPS) is 9.08. The maximum absolute atomic E-state index is 5.80. The molecule has 0 N–H and O–H groups in total. The summed E-state index contributed by atoms with van der Waals surface area (Å²) in [4.78, 5) is 0. The Kier molecular flexibility index (Phi) is 3.69. The standard InChI is InChI=1S/C10H5Cl3/c1-2-7-3-5-8(6-4-7)9(11)10(12)13/h1,3-6H. The fraction of sp³-hybridized carbons (Fsp3) is 0. The molecule has 0 fully saturated rings. The van der Waals surface area contributed by atoms with Crippen LogP contribution in [0.5, 0.6) is 0 Å². The number of hydrogen-bond donors (Lipinski definition) is 0. The number of hydrogen-bond acceptors (Lipinski definition) is 0. The highest BCUT2D eigenvalue weighted by Crippen LogP contribution is 2.27. The predicted molar refractivity (Wildman–Crippen MR) is 58.9 cm³/mol. The average Bonchev–Trinajstić information content (AvgIpc) is 2.17. The molecule has 1 aromatic carbocycles. The van der Waals surface area contributed by atoms with Crippen LogP contribution in [0.3, 0.4) is 0 Å². The maximum Gasteiger partial charge on any atom is 0.126 e. The lowest BCUT2D eigenvalue weighted by molar-refractivity contribution is 1.61. The van der Waals surface area contributed by atoms with E-state index >= 15 is 0 Å². The van der Waals surface area contributed by atoms with Crippen molar-refractivity contribution in [3.05, 3.63) is 39.9 Å². The second kappa shape index (κ2) is 4.58. The van der Waals surface area contributed by atoms with Crippen molar-refractivity contribution >= 4 is 39.8 Å². The van der Waals surface area contributed by atoms with Gasteiger partial charge in [0.25, 0.3) is 0 Å². The minimum atomic E-state index is 0.0510. The van der Waals surface area contributed by atoms with Gasteiger partial charge in [-0.25, -0.2) is 0 Å². The smallest absolute Gasteiger partial charge is 0.115 e. The first-order chi connectivity index (χ1) is 6.15. The van der Waals surface area contributed by atoms with Crippen molar-refractivity contribution in [2.24, 2.45) is 0 Å². The number of halogens is 3. The van der Waals surface area contributed by atoms with Gasteiger partial charge in [-0.1, -0.05) is 52.9 Å². The van der Waals surface area contributed by atoms with Crippen molar-refractivity contribution in [3.63, 3.8) is 0 Å². The van der Waals surface area contributed by atoms with E-state index < -0.39 is 0 Å². The van der Waals surface area contributed by atoms with Gasteiger partial charge in [0.05, 0.1) is 5.03 Å². The fourth-order valence-corrected chi connectivity index (χ4v) is 1.17. The van der Waals surface area contributed by atoms with E-state index in [1.165, 1.54) is 0 Å². The minimum absolute atomic E-state index is 0.0510. The Morgan fingerprint density at radius 2 is 1.62 bits per heavy atom. The van der Waals surface area contributed by atoms with Gasteiger partial charge >= 0.3 is 0 Å². The molecule has 13 heavy (non-hydrogen) atoms. The van der Waals surface area contributed by atoms with E-state index in [1.807, 2.05) is 0 Å². The van der Waals surface area contributed by atoms with E-state index in [4.69, 9.17) is 41.2 Å². The van der Waals surface area contributed by atoms with E-state index in [2.05, 4.69) is 5.92 Å². The third-order valence-electron chi connectivity index (χ3n) is 1.47. The third kappa shape index (κ3) is 2.67. The van der Waals surface area contributed by atoms with Crippen LogP contribution in [0, 0.1) is 12.3 Å². The van der Waals surface area contributed by atoms with Crippen molar-refractivity contribution in [2.75, 3.05) is 0 Å². The van der Waals surface area contributed by atoms with Gasteiger partial charge in [0.2, 0.25) is 0 Å². The summed E-state index contributed by atoms with van der Waals surface area (Å²) in [6, 6.07) is 7.08. The van der Waals surface area contributed by atoms with Gasteiger partial charge in [-0.2, -0.15) is 0 Å². The molecule has 0 radical (unpaired) electrons. The Hall–Kier alpha value is -0.610. The molecule has 3 heteroatoms. The van der Waals surface area contributed by atoms with Gasteiger partial charge in [0, 0.05) is 5.56 Å². The van der Waals surface area contributed by atoms with E-state index in [0.29, 0.717) is 5.03 Å². The zero-order chi connectivity index (χ0) is 9.84. The molecule has 0 saturated carbocycles. The Balaban J connectivity index is 3.08. The summed E-state index contributed by atoms with van der Waals surface area (Å²) in [7, 11) is 0. The molecular formula is C10H5Cl3. The van der Waals surface area contributed by atoms with Crippen LogP contribution in [0.1, 0.15) is 11.1 Å². The summed E-state index contributed by atoms with van der Waals surface area (Å²) in [5, 5.41) is 0.326. The summed E-state index contributed by atoms with van der Waals surface area (Å²) in [6.45, 7) is 0. The van der Waals surface area contributed by atoms with E-state index in [-0.39, 0.29) is 4.49 Å². The highest BCUT2D eigenvalue weighted by Gasteiger charge is 2.01. The van der Waals surface area contributed by atoms with Gasteiger partial charge in [-0.15, -0.1) is 6.42 Å². The molecule has 0 aliphatic carbocycles. The van der Waals surface area contributed by atoms with Gasteiger partial charge in [-0.05, 0) is 17.7 Å². The molecule has 0 bridgehead atoms. The quantitative estimate of drug-likeness (QED) is 0.641. The number of benzene rings is 1. The van der Waals surface area contributed by atoms with E-state index in [9.17, 15) is 0 Å². The zero-order valence-electron chi connectivity index (χ0n) is 6.52. The second-order valence-electron chi connectivity index (χ2n) is 2.30. The molecule has 0 aliphatic heterocycles. The third-order valence-corrected chi connectivity index (χ3v) is 2.45. The first-order valence-corrected chi connectivity index (χ1v) is 4.56. The number of terminal acetylenes is 1. The van der Waals surface area contributed by atoms with Crippen LogP contribution in [0.25, 0.3) is 5.03 Å². The van der Waals surface area contributed by atoms with Crippen LogP contribution < -0.4 is 0 Å². The lowest BCUT2D eigenvalue weighted by Gasteiger charge is -1.98.